The molecule has 1 unspecified atom stereocenters. The van der Waals surface area contributed by atoms with Gasteiger partial charge < -0.3 is 10.1 Å². The van der Waals surface area contributed by atoms with Crippen molar-refractivity contribution in [3.05, 3.63) is 0 Å². The third-order valence-electron chi connectivity index (χ3n) is 3.37. The van der Waals surface area contributed by atoms with Gasteiger partial charge in [-0.25, -0.2) is 0 Å². The van der Waals surface area contributed by atoms with Crippen LogP contribution in [0.15, 0.2) is 0 Å². The topological polar surface area (TPSA) is 110 Å². The van der Waals surface area contributed by atoms with Crippen LogP contribution < -0.4 is 5.32 Å². The molecule has 0 aromatic heterocycles. The molecule has 1 rings (SSSR count). The van der Waals surface area contributed by atoms with Gasteiger partial charge >= 0.3 is 5.97 Å². The zero-order valence-electron chi connectivity index (χ0n) is 11.7. The molecule has 2 N–H and O–H groups in total. The highest BCUT2D eigenvalue weighted by Crippen LogP contribution is 2.32. The number of amides is 1. The number of cyclic esters (lactones) is 1. The first-order valence-corrected chi connectivity index (χ1v) is 8.05. The van der Waals surface area contributed by atoms with Crippen LogP contribution in [0.5, 0.6) is 0 Å². The Morgan fingerprint density at radius 2 is 2.20 bits per heavy atom. The summed E-state index contributed by atoms with van der Waals surface area (Å²) < 4.78 is 37.3. The third-order valence-corrected chi connectivity index (χ3v) is 4.61. The van der Waals surface area contributed by atoms with E-state index in [9.17, 15) is 22.6 Å². The van der Waals surface area contributed by atoms with Gasteiger partial charge in [0.05, 0.1) is 5.25 Å². The molecule has 2 atom stereocenters. The number of nitrogens with one attached hydrogen (secondary N) is 1. The Balaban J connectivity index is 2.69. The van der Waals surface area contributed by atoms with Crippen LogP contribution in [0.25, 0.3) is 0 Å². The molecule has 20 heavy (non-hydrogen) atoms. The second-order valence-corrected chi connectivity index (χ2v) is 7.09. The maximum Gasteiger partial charge on any atom is 0.306 e. The van der Waals surface area contributed by atoms with E-state index in [1.807, 2.05) is 0 Å². The van der Waals surface area contributed by atoms with Crippen LogP contribution in [0.3, 0.4) is 0 Å². The lowest BCUT2D eigenvalue weighted by atomic mass is 9.90. The molecular formula is C12H21NO6S. The van der Waals surface area contributed by atoms with Gasteiger partial charge in [-0.2, -0.15) is 8.42 Å². The largest absolute Gasteiger partial charge is 0.459 e. The van der Waals surface area contributed by atoms with E-state index in [0.717, 1.165) is 0 Å². The van der Waals surface area contributed by atoms with E-state index in [1.165, 1.54) is 6.92 Å². The summed E-state index contributed by atoms with van der Waals surface area (Å²) >= 11 is 0. The minimum Gasteiger partial charge on any atom is -0.459 e. The SMILES string of the molecule is CC(=O)NCC[C@H](CC1(C)CCCC(=O)O1)S(=O)(=O)O. The van der Waals surface area contributed by atoms with Crippen molar-refractivity contribution in [2.75, 3.05) is 6.54 Å². The van der Waals surface area contributed by atoms with Crippen molar-refractivity contribution in [3.8, 4) is 0 Å². The Morgan fingerprint density at radius 3 is 2.70 bits per heavy atom. The van der Waals surface area contributed by atoms with Crippen molar-refractivity contribution >= 4 is 22.0 Å². The predicted molar refractivity (Wildman–Crippen MR) is 71.6 cm³/mol. The van der Waals surface area contributed by atoms with Gasteiger partial charge in [0.1, 0.15) is 5.60 Å². The standard InChI is InChI=1S/C12H21NO6S/c1-9(14)13-7-5-10(20(16,17)18)8-12(2)6-3-4-11(15)19-12/h10H,3-8H2,1-2H3,(H,13,14)(H,16,17,18)/t10-,12?/m1/s1. The number of hydrogen-bond acceptors (Lipinski definition) is 5. The van der Waals surface area contributed by atoms with Crippen molar-refractivity contribution < 1.29 is 27.3 Å². The zero-order valence-corrected chi connectivity index (χ0v) is 12.5. The number of carbonyl (C=O) groups excluding carboxylic acids is 2. The van der Waals surface area contributed by atoms with E-state index >= 15 is 0 Å². The molecule has 0 saturated carbocycles. The minimum atomic E-state index is -4.26. The van der Waals surface area contributed by atoms with Crippen molar-refractivity contribution in [2.24, 2.45) is 0 Å². The van der Waals surface area contributed by atoms with E-state index in [-0.39, 0.29) is 31.3 Å². The molecule has 1 saturated heterocycles. The maximum absolute atomic E-state index is 11.4. The van der Waals surface area contributed by atoms with Crippen LogP contribution in [0.1, 0.15) is 46.0 Å². The van der Waals surface area contributed by atoms with Crippen LogP contribution >= 0.6 is 0 Å². The summed E-state index contributed by atoms with van der Waals surface area (Å²) in [5.41, 5.74) is -0.883. The quantitative estimate of drug-likeness (QED) is 0.550. The summed E-state index contributed by atoms with van der Waals surface area (Å²) in [6.45, 7) is 3.14. The molecule has 1 aliphatic rings. The molecule has 0 bridgehead atoms. The molecule has 0 aliphatic carbocycles. The lowest BCUT2D eigenvalue weighted by Crippen LogP contribution is -2.41. The number of rotatable bonds is 6. The van der Waals surface area contributed by atoms with Gasteiger partial charge in [0.25, 0.3) is 10.1 Å². The number of esters is 1. The first-order chi connectivity index (χ1) is 9.12. The average molecular weight is 307 g/mol. The lowest BCUT2D eigenvalue weighted by Gasteiger charge is -2.35. The molecule has 1 heterocycles. The van der Waals surface area contributed by atoms with Crippen LogP contribution in [0.2, 0.25) is 0 Å². The van der Waals surface area contributed by atoms with Gasteiger partial charge in [-0.15, -0.1) is 0 Å². The second kappa shape index (κ2) is 6.53. The summed E-state index contributed by atoms with van der Waals surface area (Å²) in [4.78, 5) is 22.1. The fourth-order valence-corrected chi connectivity index (χ4v) is 3.35. The predicted octanol–water partition coefficient (Wildman–Crippen LogP) is 0.645. The molecule has 0 radical (unpaired) electrons. The van der Waals surface area contributed by atoms with Gasteiger partial charge in [-0.1, -0.05) is 0 Å². The summed E-state index contributed by atoms with van der Waals surface area (Å²) in [5.74, 6) is -0.621. The normalized spacial score (nSPS) is 24.9. The lowest BCUT2D eigenvalue weighted by molar-refractivity contribution is -0.165. The maximum atomic E-state index is 11.4. The Labute approximate surface area is 118 Å². The molecule has 8 heteroatoms. The third kappa shape index (κ3) is 5.46. The fraction of sp³-hybridized carbons (Fsp3) is 0.833. The summed E-state index contributed by atoms with van der Waals surface area (Å²) in [6.07, 6.45) is 1.63. The van der Waals surface area contributed by atoms with Crippen molar-refractivity contribution in [1.29, 1.82) is 0 Å². The second-order valence-electron chi connectivity index (χ2n) is 5.39. The molecular weight excluding hydrogens is 286 g/mol. The summed E-state index contributed by atoms with van der Waals surface area (Å²) in [5, 5.41) is 1.42. The van der Waals surface area contributed by atoms with Crippen LogP contribution in [0.4, 0.5) is 0 Å². The van der Waals surface area contributed by atoms with Crippen molar-refractivity contribution in [3.63, 3.8) is 0 Å². The first-order valence-electron chi connectivity index (χ1n) is 6.55. The average Bonchev–Trinajstić information content (AvgIpc) is 2.25. The number of ether oxygens (including phenoxy) is 1. The van der Waals surface area contributed by atoms with E-state index in [0.29, 0.717) is 19.3 Å². The Hall–Kier alpha value is -1.15. The van der Waals surface area contributed by atoms with Crippen LogP contribution in [-0.2, 0) is 24.4 Å². The van der Waals surface area contributed by atoms with Gasteiger partial charge in [0, 0.05) is 26.3 Å². The molecule has 0 aromatic rings. The molecule has 1 fully saturated rings. The number of carbonyl (C=O) groups is 2. The van der Waals surface area contributed by atoms with Gasteiger partial charge in [-0.3, -0.25) is 14.1 Å². The highest BCUT2D eigenvalue weighted by molar-refractivity contribution is 7.86. The summed E-state index contributed by atoms with van der Waals surface area (Å²) in [7, 11) is -4.26. The van der Waals surface area contributed by atoms with Crippen molar-refractivity contribution in [1.82, 2.24) is 5.32 Å². The molecule has 0 aromatic carbocycles. The highest BCUT2D eigenvalue weighted by Gasteiger charge is 2.38. The highest BCUT2D eigenvalue weighted by atomic mass is 32.2. The molecule has 1 amide bonds. The Kier molecular flexibility index (Phi) is 5.52. The van der Waals surface area contributed by atoms with Gasteiger partial charge in [0.2, 0.25) is 5.91 Å². The monoisotopic (exact) mass is 307 g/mol. The van der Waals surface area contributed by atoms with E-state index in [1.54, 1.807) is 6.92 Å². The van der Waals surface area contributed by atoms with Gasteiger partial charge in [-0.05, 0) is 26.2 Å². The van der Waals surface area contributed by atoms with E-state index in [2.05, 4.69) is 5.32 Å². The first kappa shape index (κ1) is 16.9. The van der Waals surface area contributed by atoms with Crippen molar-refractivity contribution in [2.45, 2.75) is 56.8 Å². The van der Waals surface area contributed by atoms with E-state index in [4.69, 9.17) is 4.74 Å². The minimum absolute atomic E-state index is 0.0250. The fourth-order valence-electron chi connectivity index (χ4n) is 2.37. The Morgan fingerprint density at radius 1 is 1.55 bits per heavy atom. The van der Waals surface area contributed by atoms with Gasteiger partial charge in [0.15, 0.2) is 0 Å². The number of hydrogen-bond donors (Lipinski definition) is 2. The Bertz CT molecular complexity index is 474. The molecule has 1 aliphatic heterocycles. The molecule has 116 valence electrons. The van der Waals surface area contributed by atoms with Crippen LogP contribution in [0, 0.1) is 0 Å². The van der Waals surface area contributed by atoms with Crippen LogP contribution in [-0.4, -0.2) is 42.2 Å². The van der Waals surface area contributed by atoms with E-state index < -0.39 is 21.0 Å². The molecule has 0 spiro atoms. The summed E-state index contributed by atoms with van der Waals surface area (Å²) in [6, 6.07) is 0. The molecule has 7 nitrogen and oxygen atoms in total. The zero-order chi connectivity index (χ0) is 15.4. The smallest absolute Gasteiger partial charge is 0.306 e.